The molecule has 10 heteroatoms. The van der Waals surface area contributed by atoms with Crippen LogP contribution in [-0.2, 0) is 0 Å². The molecule has 3 aromatic heterocycles. The summed E-state index contributed by atoms with van der Waals surface area (Å²) in [5.74, 6) is 0.722. The Balaban J connectivity index is 1.59. The molecule has 31 heavy (non-hydrogen) atoms. The van der Waals surface area contributed by atoms with Crippen LogP contribution in [0.2, 0.25) is 0 Å². The lowest BCUT2D eigenvalue weighted by molar-refractivity contribution is 0.0996. The normalized spacial score (nSPS) is 18.6. The highest BCUT2D eigenvalue weighted by Crippen LogP contribution is 2.54. The molecule has 0 unspecified atom stereocenters. The number of pyridine rings is 1. The third kappa shape index (κ3) is 2.67. The fourth-order valence-corrected chi connectivity index (χ4v) is 4.86. The van der Waals surface area contributed by atoms with Crippen molar-refractivity contribution in [2.24, 2.45) is 5.73 Å². The number of halogens is 2. The summed E-state index contributed by atoms with van der Waals surface area (Å²) in [7, 11) is 0. The number of benzene rings is 1. The maximum absolute atomic E-state index is 14.3. The molecular formula is C21H15BrFN7O. The summed E-state index contributed by atoms with van der Waals surface area (Å²) in [6.45, 7) is 0. The summed E-state index contributed by atoms with van der Waals surface area (Å²) in [4.78, 5) is 25.6. The summed E-state index contributed by atoms with van der Waals surface area (Å²) < 4.78 is 16.6. The van der Waals surface area contributed by atoms with Gasteiger partial charge in [-0.2, -0.15) is 5.10 Å². The number of primary amides is 1. The molecule has 1 aromatic carbocycles. The van der Waals surface area contributed by atoms with E-state index >= 15 is 0 Å². The first-order valence-electron chi connectivity index (χ1n) is 9.75. The summed E-state index contributed by atoms with van der Waals surface area (Å²) in [5, 5.41) is 7.22. The number of imidazole rings is 1. The number of nitrogens with zero attached hydrogens (tertiary/aromatic N) is 5. The third-order valence-electron chi connectivity index (χ3n) is 6.03. The topological polar surface area (TPSA) is 115 Å². The van der Waals surface area contributed by atoms with Crippen molar-refractivity contribution in [3.05, 3.63) is 58.2 Å². The Morgan fingerprint density at radius 1 is 1.29 bits per heavy atom. The number of nitrogens with two attached hydrogens (primary N) is 1. The van der Waals surface area contributed by atoms with Gasteiger partial charge in [-0.15, -0.1) is 0 Å². The fraction of sp³-hybridized carbons (Fsp3) is 0.190. The van der Waals surface area contributed by atoms with Crippen LogP contribution < -0.4 is 5.73 Å². The van der Waals surface area contributed by atoms with Gasteiger partial charge in [0.1, 0.15) is 17.3 Å². The lowest BCUT2D eigenvalue weighted by atomic mass is 9.75. The van der Waals surface area contributed by atoms with Crippen molar-refractivity contribution >= 4 is 21.8 Å². The molecule has 1 saturated carbocycles. The first-order valence-corrected chi connectivity index (χ1v) is 10.5. The summed E-state index contributed by atoms with van der Waals surface area (Å²) >= 11 is 3.28. The molecule has 3 N–H and O–H groups in total. The minimum atomic E-state index is -0.659. The molecule has 154 valence electrons. The van der Waals surface area contributed by atoms with Crippen molar-refractivity contribution in [2.45, 2.75) is 24.8 Å². The van der Waals surface area contributed by atoms with Crippen molar-refractivity contribution in [1.82, 2.24) is 29.7 Å². The average molecular weight is 480 g/mol. The van der Waals surface area contributed by atoms with E-state index in [-0.39, 0.29) is 23.5 Å². The number of amides is 1. The zero-order chi connectivity index (χ0) is 21.3. The maximum atomic E-state index is 14.3. The highest BCUT2D eigenvalue weighted by molar-refractivity contribution is 9.10. The molecule has 7 rings (SSSR count). The van der Waals surface area contributed by atoms with E-state index in [4.69, 9.17) is 5.73 Å². The number of rotatable bonds is 3. The smallest absolute Gasteiger partial charge is 0.269 e. The van der Waals surface area contributed by atoms with Crippen LogP contribution in [0.25, 0.3) is 34.3 Å². The number of aromatic amines is 1. The zero-order valence-corrected chi connectivity index (χ0v) is 17.6. The molecule has 2 bridgehead atoms. The van der Waals surface area contributed by atoms with Crippen molar-refractivity contribution in [3.8, 4) is 34.3 Å². The molecule has 1 amide bonds. The number of aromatic nitrogens is 6. The first-order chi connectivity index (χ1) is 15.0. The predicted octanol–water partition coefficient (Wildman–Crippen LogP) is 3.83. The van der Waals surface area contributed by atoms with Crippen molar-refractivity contribution in [2.75, 3.05) is 0 Å². The van der Waals surface area contributed by atoms with Crippen molar-refractivity contribution in [1.29, 1.82) is 0 Å². The van der Waals surface area contributed by atoms with Gasteiger partial charge in [0, 0.05) is 29.6 Å². The van der Waals surface area contributed by atoms with Crippen molar-refractivity contribution in [3.63, 3.8) is 0 Å². The zero-order valence-electron chi connectivity index (χ0n) is 16.0. The van der Waals surface area contributed by atoms with Gasteiger partial charge in [-0.1, -0.05) is 0 Å². The third-order valence-corrected chi connectivity index (χ3v) is 6.63. The largest absolute Gasteiger partial charge is 0.364 e. The molecule has 2 aliphatic heterocycles. The molecule has 1 fully saturated rings. The second-order valence-corrected chi connectivity index (χ2v) is 8.65. The van der Waals surface area contributed by atoms with E-state index in [1.165, 1.54) is 0 Å². The Labute approximate surface area is 183 Å². The molecular weight excluding hydrogens is 465 g/mol. The number of hydrogen-bond donors (Lipinski definition) is 2. The number of carbonyl (C=O) groups is 1. The van der Waals surface area contributed by atoms with Gasteiger partial charge in [0.25, 0.3) is 5.91 Å². The molecule has 0 saturated heterocycles. The highest BCUT2D eigenvalue weighted by Gasteiger charge is 2.42. The molecule has 0 atom stereocenters. The highest BCUT2D eigenvalue weighted by atomic mass is 79.9. The molecule has 3 aliphatic rings. The van der Waals surface area contributed by atoms with Gasteiger partial charge in [-0.05, 0) is 64.5 Å². The molecule has 0 spiro atoms. The van der Waals surface area contributed by atoms with E-state index in [1.807, 2.05) is 10.6 Å². The van der Waals surface area contributed by atoms with E-state index in [2.05, 4.69) is 41.1 Å². The van der Waals surface area contributed by atoms with Gasteiger partial charge in [0.2, 0.25) is 0 Å². The maximum Gasteiger partial charge on any atom is 0.269 e. The van der Waals surface area contributed by atoms with Crippen LogP contribution in [0.3, 0.4) is 0 Å². The number of H-pyrrole nitrogens is 1. The van der Waals surface area contributed by atoms with Gasteiger partial charge < -0.3 is 10.3 Å². The Hall–Kier alpha value is -3.40. The summed E-state index contributed by atoms with van der Waals surface area (Å²) in [6, 6.07) is 7.04. The summed E-state index contributed by atoms with van der Waals surface area (Å²) in [6.07, 6.45) is 4.99. The molecule has 8 nitrogen and oxygen atoms in total. The van der Waals surface area contributed by atoms with E-state index in [1.54, 1.807) is 30.6 Å². The van der Waals surface area contributed by atoms with Gasteiger partial charge in [0.15, 0.2) is 17.3 Å². The standard InChI is InChI=1S/C21H15BrFN7O/c22-14-6-13-12(7-15(14)23)10-4-11(5-10)30-17(16(18(24)31)26-21(13)30)20-27-19(28-29-20)9-2-1-3-25-8-9/h1-3,6-8,10-11H,4-5H2,(H2,24,31)(H,27,28,29). The first kappa shape index (κ1) is 18.4. The minimum absolute atomic E-state index is 0.108. The quantitative estimate of drug-likeness (QED) is 0.463. The molecule has 1 aliphatic carbocycles. The van der Waals surface area contributed by atoms with Crippen molar-refractivity contribution < 1.29 is 9.18 Å². The Morgan fingerprint density at radius 3 is 2.87 bits per heavy atom. The van der Waals surface area contributed by atoms with Crippen LogP contribution in [0, 0.1) is 5.82 Å². The second kappa shape index (κ2) is 6.55. The Bertz CT molecular complexity index is 1360. The molecule has 4 aromatic rings. The molecule has 0 radical (unpaired) electrons. The van der Waals surface area contributed by atoms with Gasteiger partial charge in [0.05, 0.1) is 4.47 Å². The van der Waals surface area contributed by atoms with E-state index in [0.29, 0.717) is 27.6 Å². The Kier molecular flexibility index (Phi) is 3.88. The average Bonchev–Trinajstić information content (AvgIpc) is 3.30. The number of nitrogens with one attached hydrogen (secondary N) is 1. The van der Waals surface area contributed by atoms with Crippen LogP contribution in [0.4, 0.5) is 4.39 Å². The van der Waals surface area contributed by atoms with E-state index in [9.17, 15) is 9.18 Å². The van der Waals surface area contributed by atoms with E-state index in [0.717, 1.165) is 29.5 Å². The fourth-order valence-electron chi connectivity index (χ4n) is 4.51. The lowest BCUT2D eigenvalue weighted by Gasteiger charge is -2.35. The van der Waals surface area contributed by atoms with Gasteiger partial charge in [-0.3, -0.25) is 14.9 Å². The minimum Gasteiger partial charge on any atom is -0.364 e. The van der Waals surface area contributed by atoms with Gasteiger partial charge >= 0.3 is 0 Å². The van der Waals surface area contributed by atoms with E-state index < -0.39 is 5.91 Å². The SMILES string of the molecule is NC(=O)c1nc2n(c1-c1nc(-c3cccnc3)n[nH]1)C1CC(C1)c1cc(F)c(Br)cc1-2. The van der Waals surface area contributed by atoms with Crippen LogP contribution in [0.15, 0.2) is 41.1 Å². The number of hydrogen-bond acceptors (Lipinski definition) is 5. The summed E-state index contributed by atoms with van der Waals surface area (Å²) in [5.41, 5.74) is 8.75. The predicted molar refractivity (Wildman–Crippen MR) is 113 cm³/mol. The lowest BCUT2D eigenvalue weighted by Crippen LogP contribution is -2.24. The van der Waals surface area contributed by atoms with Gasteiger partial charge in [-0.25, -0.2) is 14.4 Å². The van der Waals surface area contributed by atoms with Crippen LogP contribution in [0.5, 0.6) is 0 Å². The van der Waals surface area contributed by atoms with Crippen LogP contribution in [0.1, 0.15) is 40.9 Å². The molecule has 5 heterocycles. The Morgan fingerprint density at radius 2 is 2.13 bits per heavy atom. The second-order valence-electron chi connectivity index (χ2n) is 7.79. The van der Waals surface area contributed by atoms with Crippen LogP contribution >= 0.6 is 15.9 Å². The number of carbonyl (C=O) groups excluding carboxylic acids is 1. The van der Waals surface area contributed by atoms with Crippen LogP contribution in [-0.4, -0.2) is 35.6 Å². The monoisotopic (exact) mass is 479 g/mol.